The molecule has 0 heterocycles. The van der Waals surface area contributed by atoms with Gasteiger partial charge < -0.3 is 9.47 Å². The predicted molar refractivity (Wildman–Crippen MR) is 72.5 cm³/mol. The highest BCUT2D eigenvalue weighted by atomic mass is 16.6. The summed E-state index contributed by atoms with van der Waals surface area (Å²) in [4.78, 5) is 23.8. The van der Waals surface area contributed by atoms with Gasteiger partial charge in [0.25, 0.3) is 0 Å². The van der Waals surface area contributed by atoms with Crippen LogP contribution in [0.2, 0.25) is 0 Å². The summed E-state index contributed by atoms with van der Waals surface area (Å²) in [5.41, 5.74) is -1.36. The summed E-state index contributed by atoms with van der Waals surface area (Å²) in [5, 5.41) is 0. The smallest absolute Gasteiger partial charge is 0.312 e. The van der Waals surface area contributed by atoms with Gasteiger partial charge in [0.05, 0.1) is 18.9 Å². The number of ether oxygens (including phenoxy) is 2. The maximum Gasteiger partial charge on any atom is 0.312 e. The number of methoxy groups -OCH3 is 1. The molecule has 0 radical (unpaired) electrons. The molecule has 0 bridgehead atoms. The first-order valence-corrected chi connectivity index (χ1v) is 6.83. The first-order chi connectivity index (χ1) is 8.85. The van der Waals surface area contributed by atoms with Gasteiger partial charge in [-0.1, -0.05) is 13.0 Å². The second-order valence-electron chi connectivity index (χ2n) is 5.74. The lowest BCUT2D eigenvalue weighted by Gasteiger charge is -2.35. The molecule has 0 fully saturated rings. The Morgan fingerprint density at radius 3 is 2.53 bits per heavy atom. The molecule has 4 nitrogen and oxygen atoms in total. The summed E-state index contributed by atoms with van der Waals surface area (Å²) < 4.78 is 10.4. The van der Waals surface area contributed by atoms with Gasteiger partial charge in [-0.2, -0.15) is 0 Å². The molecular formula is C15H24O4. The molecule has 0 aromatic carbocycles. The molecule has 0 saturated heterocycles. The van der Waals surface area contributed by atoms with Crippen LogP contribution in [0.3, 0.4) is 0 Å². The number of esters is 2. The Kier molecular flexibility index (Phi) is 5.15. The number of carbonyl (C=O) groups is 2. The Morgan fingerprint density at radius 1 is 1.37 bits per heavy atom. The van der Waals surface area contributed by atoms with E-state index in [9.17, 15) is 9.59 Å². The van der Waals surface area contributed by atoms with Crippen molar-refractivity contribution in [3.05, 3.63) is 12.2 Å². The molecule has 108 valence electrons. The normalized spacial score (nSPS) is 22.9. The molecule has 0 aromatic rings. The van der Waals surface area contributed by atoms with E-state index in [2.05, 4.69) is 0 Å². The van der Waals surface area contributed by atoms with Crippen LogP contribution in [0.1, 0.15) is 52.9 Å². The van der Waals surface area contributed by atoms with E-state index < -0.39 is 11.0 Å². The third kappa shape index (κ3) is 4.08. The van der Waals surface area contributed by atoms with Crippen LogP contribution >= 0.6 is 0 Å². The molecule has 0 aliphatic heterocycles. The van der Waals surface area contributed by atoms with Gasteiger partial charge in [0.15, 0.2) is 0 Å². The topological polar surface area (TPSA) is 52.6 Å². The summed E-state index contributed by atoms with van der Waals surface area (Å²) >= 11 is 0. The largest absolute Gasteiger partial charge is 0.469 e. The maximum absolute atomic E-state index is 12.2. The fourth-order valence-corrected chi connectivity index (χ4v) is 1.95. The number of allylic oxidation sites excluding steroid dienone is 1. The fourth-order valence-electron chi connectivity index (χ4n) is 1.95. The lowest BCUT2D eigenvalue weighted by molar-refractivity contribution is -0.171. The number of carbonyl (C=O) groups excluding carboxylic acids is 2. The van der Waals surface area contributed by atoms with E-state index in [-0.39, 0.29) is 18.4 Å². The zero-order chi connectivity index (χ0) is 14.5. The van der Waals surface area contributed by atoms with Crippen molar-refractivity contribution in [3.8, 4) is 0 Å². The molecule has 1 rings (SSSR count). The van der Waals surface area contributed by atoms with E-state index in [1.54, 1.807) is 0 Å². The van der Waals surface area contributed by atoms with Crippen molar-refractivity contribution in [2.75, 3.05) is 7.11 Å². The van der Waals surface area contributed by atoms with E-state index >= 15 is 0 Å². The van der Waals surface area contributed by atoms with Gasteiger partial charge in [-0.3, -0.25) is 9.59 Å². The van der Waals surface area contributed by atoms with Crippen LogP contribution in [0, 0.1) is 5.41 Å². The van der Waals surface area contributed by atoms with E-state index in [1.807, 2.05) is 32.9 Å². The molecule has 0 aromatic heterocycles. The van der Waals surface area contributed by atoms with Crippen LogP contribution in [0.5, 0.6) is 0 Å². The van der Waals surface area contributed by atoms with Crippen LogP contribution < -0.4 is 0 Å². The van der Waals surface area contributed by atoms with Crippen LogP contribution in [-0.2, 0) is 19.1 Å². The highest BCUT2D eigenvalue weighted by molar-refractivity contribution is 5.78. The first kappa shape index (κ1) is 15.7. The zero-order valence-electron chi connectivity index (χ0n) is 12.3. The molecule has 1 atom stereocenters. The lowest BCUT2D eigenvalue weighted by Crippen LogP contribution is -2.41. The van der Waals surface area contributed by atoms with Crippen molar-refractivity contribution in [1.82, 2.24) is 0 Å². The van der Waals surface area contributed by atoms with Gasteiger partial charge in [0.2, 0.25) is 0 Å². The predicted octanol–water partition coefficient (Wildman–Crippen LogP) is 3.01. The highest BCUT2D eigenvalue weighted by Gasteiger charge is 2.39. The average Bonchev–Trinajstić information content (AvgIpc) is 2.39. The van der Waals surface area contributed by atoms with Crippen LogP contribution in [0.15, 0.2) is 12.2 Å². The van der Waals surface area contributed by atoms with Gasteiger partial charge in [0.1, 0.15) is 5.60 Å². The monoisotopic (exact) mass is 268 g/mol. The Morgan fingerprint density at radius 2 is 2.05 bits per heavy atom. The van der Waals surface area contributed by atoms with Crippen LogP contribution in [-0.4, -0.2) is 24.6 Å². The van der Waals surface area contributed by atoms with Gasteiger partial charge in [-0.25, -0.2) is 0 Å². The lowest BCUT2D eigenvalue weighted by atomic mass is 9.86. The fraction of sp³-hybridized carbons (Fsp3) is 0.733. The minimum atomic E-state index is -0.825. The van der Waals surface area contributed by atoms with Crippen LogP contribution in [0.25, 0.3) is 0 Å². The van der Waals surface area contributed by atoms with Crippen molar-refractivity contribution >= 4 is 11.9 Å². The zero-order valence-corrected chi connectivity index (χ0v) is 12.3. The number of hydrogen-bond donors (Lipinski definition) is 0. The molecule has 0 spiro atoms. The van der Waals surface area contributed by atoms with Crippen molar-refractivity contribution in [1.29, 1.82) is 0 Å². The SMILES string of the molecule is CCC(C)(C)C(=O)OC1(CC(=O)OC)C=CCCC1. The number of rotatable bonds is 5. The minimum absolute atomic E-state index is 0.0888. The molecule has 1 aliphatic rings. The summed E-state index contributed by atoms with van der Waals surface area (Å²) in [7, 11) is 1.35. The summed E-state index contributed by atoms with van der Waals surface area (Å²) in [6.07, 6.45) is 7.14. The first-order valence-electron chi connectivity index (χ1n) is 6.83. The Balaban J connectivity index is 2.87. The maximum atomic E-state index is 12.2. The standard InChI is InChI=1S/C15H24O4/c1-5-14(2,3)13(17)19-15(11-12(16)18-4)9-7-6-8-10-15/h7,9H,5-6,8,10-11H2,1-4H3. The average molecular weight is 268 g/mol. The minimum Gasteiger partial charge on any atom is -0.469 e. The summed E-state index contributed by atoms with van der Waals surface area (Å²) in [5.74, 6) is -0.612. The Bertz CT molecular complexity index is 370. The second kappa shape index (κ2) is 6.22. The van der Waals surface area contributed by atoms with Crippen molar-refractivity contribution in [2.24, 2.45) is 5.41 Å². The number of hydrogen-bond acceptors (Lipinski definition) is 4. The second-order valence-corrected chi connectivity index (χ2v) is 5.74. The molecule has 4 heteroatoms. The molecular weight excluding hydrogens is 244 g/mol. The molecule has 19 heavy (non-hydrogen) atoms. The molecule has 0 N–H and O–H groups in total. The Hall–Kier alpha value is -1.32. The summed E-state index contributed by atoms with van der Waals surface area (Å²) in [6.45, 7) is 5.66. The van der Waals surface area contributed by atoms with E-state index in [0.717, 1.165) is 12.8 Å². The molecule has 0 amide bonds. The van der Waals surface area contributed by atoms with Gasteiger partial charge in [0, 0.05) is 0 Å². The van der Waals surface area contributed by atoms with Gasteiger partial charge >= 0.3 is 11.9 Å². The Labute approximate surface area is 115 Å². The summed E-state index contributed by atoms with van der Waals surface area (Å²) in [6, 6.07) is 0. The van der Waals surface area contributed by atoms with Crippen molar-refractivity contribution in [2.45, 2.75) is 58.5 Å². The van der Waals surface area contributed by atoms with Gasteiger partial charge in [-0.05, 0) is 45.6 Å². The molecule has 0 saturated carbocycles. The third-order valence-electron chi connectivity index (χ3n) is 3.80. The molecule has 1 unspecified atom stereocenters. The van der Waals surface area contributed by atoms with E-state index in [1.165, 1.54) is 7.11 Å². The highest BCUT2D eigenvalue weighted by Crippen LogP contribution is 2.33. The quantitative estimate of drug-likeness (QED) is 0.568. The van der Waals surface area contributed by atoms with Gasteiger partial charge in [-0.15, -0.1) is 0 Å². The molecule has 1 aliphatic carbocycles. The van der Waals surface area contributed by atoms with E-state index in [0.29, 0.717) is 12.8 Å². The van der Waals surface area contributed by atoms with Crippen molar-refractivity contribution in [3.63, 3.8) is 0 Å². The third-order valence-corrected chi connectivity index (χ3v) is 3.80. The van der Waals surface area contributed by atoms with E-state index in [4.69, 9.17) is 9.47 Å². The van der Waals surface area contributed by atoms with Crippen molar-refractivity contribution < 1.29 is 19.1 Å². The van der Waals surface area contributed by atoms with Crippen LogP contribution in [0.4, 0.5) is 0 Å².